The Bertz CT molecular complexity index is 699. The smallest absolute Gasteiger partial charge is 0.353 e. The summed E-state index contributed by atoms with van der Waals surface area (Å²) in [4.78, 5) is 25.2. The fraction of sp³-hybridized carbons (Fsp3) is 0.143. The number of carbonyl (C=O) groups is 2. The number of nitrogens with one attached hydrogen (secondary N) is 1. The van der Waals surface area contributed by atoms with E-state index in [-0.39, 0.29) is 11.3 Å². The van der Waals surface area contributed by atoms with E-state index in [9.17, 15) is 14.7 Å². The van der Waals surface area contributed by atoms with Crippen molar-refractivity contribution < 1.29 is 19.8 Å². The first-order valence-electron chi connectivity index (χ1n) is 5.89. The predicted molar refractivity (Wildman–Crippen MR) is 67.6 cm³/mol. The van der Waals surface area contributed by atoms with Gasteiger partial charge in [0.2, 0.25) is 0 Å². The van der Waals surface area contributed by atoms with Gasteiger partial charge in [0.1, 0.15) is 5.69 Å². The molecule has 0 spiro atoms. The van der Waals surface area contributed by atoms with Gasteiger partial charge in [-0.15, -0.1) is 0 Å². The maximum absolute atomic E-state index is 11.3. The van der Waals surface area contributed by atoms with E-state index < -0.39 is 11.9 Å². The molecule has 0 saturated carbocycles. The number of rotatable bonds is 2. The van der Waals surface area contributed by atoms with Gasteiger partial charge in [-0.1, -0.05) is 24.3 Å². The van der Waals surface area contributed by atoms with Crippen LogP contribution in [0.2, 0.25) is 0 Å². The summed E-state index contributed by atoms with van der Waals surface area (Å²) in [6, 6.07) is 7.62. The molecule has 19 heavy (non-hydrogen) atoms. The van der Waals surface area contributed by atoms with Crippen LogP contribution in [0.5, 0.6) is 0 Å². The number of aromatic amines is 1. The fourth-order valence-electron chi connectivity index (χ4n) is 2.66. The lowest BCUT2D eigenvalue weighted by Gasteiger charge is -2.16. The topological polar surface area (TPSA) is 90.4 Å². The Labute approximate surface area is 108 Å². The van der Waals surface area contributed by atoms with E-state index in [0.29, 0.717) is 17.7 Å². The summed E-state index contributed by atoms with van der Waals surface area (Å²) in [5.74, 6) is -2.45. The molecule has 0 fully saturated rings. The molecule has 1 aliphatic rings. The van der Waals surface area contributed by atoms with Gasteiger partial charge in [-0.2, -0.15) is 0 Å². The van der Waals surface area contributed by atoms with E-state index >= 15 is 0 Å². The van der Waals surface area contributed by atoms with E-state index in [4.69, 9.17) is 5.11 Å². The molecule has 3 N–H and O–H groups in total. The molecule has 2 aromatic rings. The molecule has 96 valence electrons. The molecule has 5 nitrogen and oxygen atoms in total. The van der Waals surface area contributed by atoms with Gasteiger partial charge in [-0.25, -0.2) is 9.59 Å². The highest BCUT2D eigenvalue weighted by atomic mass is 16.4. The van der Waals surface area contributed by atoms with Crippen molar-refractivity contribution in [2.45, 2.75) is 12.8 Å². The number of H-pyrrole nitrogens is 1. The van der Waals surface area contributed by atoms with Crippen LogP contribution in [0.15, 0.2) is 24.3 Å². The highest BCUT2D eigenvalue weighted by Crippen LogP contribution is 2.36. The highest BCUT2D eigenvalue weighted by Gasteiger charge is 2.29. The van der Waals surface area contributed by atoms with Crippen molar-refractivity contribution in [1.82, 2.24) is 4.98 Å². The Morgan fingerprint density at radius 2 is 1.79 bits per heavy atom. The van der Waals surface area contributed by atoms with Crippen molar-refractivity contribution in [1.29, 1.82) is 0 Å². The van der Waals surface area contributed by atoms with Crippen molar-refractivity contribution in [2.24, 2.45) is 0 Å². The molecule has 0 unspecified atom stereocenters. The molecule has 0 radical (unpaired) electrons. The summed E-state index contributed by atoms with van der Waals surface area (Å²) < 4.78 is 0. The molecular formula is C14H11NO4. The number of aryl methyl sites for hydroxylation is 1. The third-order valence-corrected chi connectivity index (χ3v) is 3.46. The SMILES string of the molecule is O=C(O)c1[nH]c2c(c1C(=O)O)CCc1ccccc1-2. The number of carboxylic acids is 2. The molecule has 0 saturated heterocycles. The molecule has 0 aliphatic heterocycles. The molecule has 5 heteroatoms. The molecule has 1 aromatic carbocycles. The largest absolute Gasteiger partial charge is 0.478 e. The number of carboxylic acid groups (broad SMARTS) is 2. The van der Waals surface area contributed by atoms with Gasteiger partial charge in [-0.05, 0) is 24.0 Å². The van der Waals surface area contributed by atoms with Crippen LogP contribution < -0.4 is 0 Å². The van der Waals surface area contributed by atoms with Gasteiger partial charge >= 0.3 is 11.9 Å². The normalized spacial score (nSPS) is 12.6. The van der Waals surface area contributed by atoms with Gasteiger partial charge in [0.15, 0.2) is 0 Å². The maximum atomic E-state index is 11.3. The number of aromatic nitrogens is 1. The minimum Gasteiger partial charge on any atom is -0.478 e. The molecule has 0 bridgehead atoms. The molecule has 1 aromatic heterocycles. The van der Waals surface area contributed by atoms with E-state index in [1.807, 2.05) is 24.3 Å². The van der Waals surface area contributed by atoms with Gasteiger partial charge < -0.3 is 15.2 Å². The van der Waals surface area contributed by atoms with Gasteiger partial charge in [0.05, 0.1) is 11.3 Å². The van der Waals surface area contributed by atoms with Crippen molar-refractivity contribution in [3.8, 4) is 11.3 Å². The van der Waals surface area contributed by atoms with Gasteiger partial charge in [-0.3, -0.25) is 0 Å². The average Bonchev–Trinajstić information content (AvgIpc) is 2.78. The Hall–Kier alpha value is -2.56. The minimum atomic E-state index is -1.25. The van der Waals surface area contributed by atoms with E-state index in [2.05, 4.69) is 4.98 Å². The quantitative estimate of drug-likeness (QED) is 0.769. The average molecular weight is 257 g/mol. The second-order valence-electron chi connectivity index (χ2n) is 4.50. The summed E-state index contributed by atoms with van der Waals surface area (Å²) in [5, 5.41) is 18.3. The second kappa shape index (κ2) is 3.98. The van der Waals surface area contributed by atoms with Crippen LogP contribution in [0, 0.1) is 0 Å². The zero-order chi connectivity index (χ0) is 13.6. The number of fused-ring (bicyclic) bond motifs is 3. The van der Waals surface area contributed by atoms with Gasteiger partial charge in [0.25, 0.3) is 0 Å². The van der Waals surface area contributed by atoms with Crippen molar-refractivity contribution in [2.75, 3.05) is 0 Å². The third-order valence-electron chi connectivity index (χ3n) is 3.46. The van der Waals surface area contributed by atoms with Gasteiger partial charge in [0, 0.05) is 5.56 Å². The van der Waals surface area contributed by atoms with Crippen LogP contribution in [-0.4, -0.2) is 27.1 Å². The van der Waals surface area contributed by atoms with Crippen LogP contribution in [0.25, 0.3) is 11.3 Å². The summed E-state index contributed by atoms with van der Waals surface area (Å²) in [5.41, 5.74) is 2.84. The Kier molecular flexibility index (Phi) is 2.41. The van der Waals surface area contributed by atoms with E-state index in [0.717, 1.165) is 17.5 Å². The summed E-state index contributed by atoms with van der Waals surface area (Å²) >= 11 is 0. The third kappa shape index (κ3) is 1.62. The Morgan fingerprint density at radius 1 is 1.05 bits per heavy atom. The summed E-state index contributed by atoms with van der Waals surface area (Å²) in [6.07, 6.45) is 1.26. The lowest BCUT2D eigenvalue weighted by molar-refractivity contribution is 0.0647. The molecule has 0 amide bonds. The number of aromatic carboxylic acids is 2. The molecular weight excluding hydrogens is 246 g/mol. The summed E-state index contributed by atoms with van der Waals surface area (Å²) in [7, 11) is 0. The first-order valence-corrected chi connectivity index (χ1v) is 5.89. The number of hydrogen-bond donors (Lipinski definition) is 3. The van der Waals surface area contributed by atoms with Crippen LogP contribution >= 0.6 is 0 Å². The van der Waals surface area contributed by atoms with Crippen molar-refractivity contribution in [3.05, 3.63) is 46.6 Å². The Morgan fingerprint density at radius 3 is 2.47 bits per heavy atom. The monoisotopic (exact) mass is 257 g/mol. The Balaban J connectivity index is 2.31. The number of benzene rings is 1. The lowest BCUT2D eigenvalue weighted by Crippen LogP contribution is -2.09. The molecule has 3 rings (SSSR count). The lowest BCUT2D eigenvalue weighted by atomic mass is 9.88. The molecule has 1 aliphatic carbocycles. The maximum Gasteiger partial charge on any atom is 0.353 e. The standard InChI is InChI=1S/C14H11NO4/c16-13(17)10-9-6-5-7-3-1-2-4-8(7)11(9)15-12(10)14(18)19/h1-4,15H,5-6H2,(H,16,17)(H,18,19). The van der Waals surface area contributed by atoms with Crippen LogP contribution in [0.4, 0.5) is 0 Å². The second-order valence-corrected chi connectivity index (χ2v) is 4.50. The molecule has 1 heterocycles. The van der Waals surface area contributed by atoms with Crippen LogP contribution in [0.3, 0.4) is 0 Å². The highest BCUT2D eigenvalue weighted by molar-refractivity contribution is 6.04. The molecule has 0 atom stereocenters. The van der Waals surface area contributed by atoms with E-state index in [1.54, 1.807) is 0 Å². The predicted octanol–water partition coefficient (Wildman–Crippen LogP) is 2.18. The number of hydrogen-bond acceptors (Lipinski definition) is 2. The summed E-state index contributed by atoms with van der Waals surface area (Å²) in [6.45, 7) is 0. The van der Waals surface area contributed by atoms with Crippen molar-refractivity contribution in [3.63, 3.8) is 0 Å². The van der Waals surface area contributed by atoms with E-state index in [1.165, 1.54) is 0 Å². The van der Waals surface area contributed by atoms with Crippen molar-refractivity contribution >= 4 is 11.9 Å². The first-order chi connectivity index (χ1) is 9.09. The zero-order valence-electron chi connectivity index (χ0n) is 9.93. The van der Waals surface area contributed by atoms with Crippen LogP contribution in [-0.2, 0) is 12.8 Å². The minimum absolute atomic E-state index is 0.114. The van der Waals surface area contributed by atoms with Crippen LogP contribution in [0.1, 0.15) is 32.0 Å². The first kappa shape index (κ1) is 11.5. The fourth-order valence-corrected chi connectivity index (χ4v) is 2.66. The zero-order valence-corrected chi connectivity index (χ0v) is 9.93.